The smallest absolute Gasteiger partial charge is 0.255 e. The molecule has 0 saturated carbocycles. The molecule has 0 aliphatic heterocycles. The molecular weight excluding hydrogens is 266 g/mol. The molecule has 0 aliphatic carbocycles. The highest BCUT2D eigenvalue weighted by atomic mass is 16.5. The molecule has 0 spiro atoms. The minimum Gasteiger partial charge on any atom is -0.484 e. The lowest BCUT2D eigenvalue weighted by molar-refractivity contribution is -0.119. The fraction of sp³-hybridized carbons (Fsp3) is 0.562. The number of ether oxygens (including phenoxy) is 1. The Kier molecular flexibility index (Phi) is 8.47. The standard InChI is InChI=1S/C16H27N3O2/c1-3-10-19(4-2)11-9-18-12-14-5-7-15(8-6-14)21-13-16(17)20/h5-8,18H,3-4,9-13H2,1-2H3,(H2,17,20). The summed E-state index contributed by atoms with van der Waals surface area (Å²) in [7, 11) is 0. The monoisotopic (exact) mass is 293 g/mol. The van der Waals surface area contributed by atoms with E-state index in [1.54, 1.807) is 0 Å². The molecule has 5 nitrogen and oxygen atoms in total. The van der Waals surface area contributed by atoms with Crippen LogP contribution < -0.4 is 15.8 Å². The summed E-state index contributed by atoms with van der Waals surface area (Å²) in [6, 6.07) is 7.70. The number of likely N-dealkylation sites (N-methyl/N-ethyl adjacent to an activating group) is 1. The molecule has 0 heterocycles. The van der Waals surface area contributed by atoms with Gasteiger partial charge in [-0.25, -0.2) is 0 Å². The molecule has 0 aromatic heterocycles. The van der Waals surface area contributed by atoms with Gasteiger partial charge in [0.2, 0.25) is 0 Å². The van der Waals surface area contributed by atoms with Crippen LogP contribution in [0.25, 0.3) is 0 Å². The highest BCUT2D eigenvalue weighted by Crippen LogP contribution is 2.11. The number of nitrogens with one attached hydrogen (secondary N) is 1. The Morgan fingerprint density at radius 1 is 1.24 bits per heavy atom. The van der Waals surface area contributed by atoms with Crippen LogP contribution in [-0.2, 0) is 11.3 Å². The first-order valence-electron chi connectivity index (χ1n) is 7.58. The summed E-state index contributed by atoms with van der Waals surface area (Å²) in [4.78, 5) is 13.1. The number of carbonyl (C=O) groups is 1. The molecule has 1 amide bonds. The first kappa shape index (κ1) is 17.5. The van der Waals surface area contributed by atoms with Gasteiger partial charge in [-0.05, 0) is 37.2 Å². The van der Waals surface area contributed by atoms with E-state index in [2.05, 4.69) is 24.1 Å². The predicted octanol–water partition coefficient (Wildman–Crippen LogP) is 1.37. The van der Waals surface area contributed by atoms with Gasteiger partial charge in [-0.2, -0.15) is 0 Å². The van der Waals surface area contributed by atoms with Crippen molar-refractivity contribution in [2.24, 2.45) is 5.73 Å². The van der Waals surface area contributed by atoms with Crippen molar-refractivity contribution in [2.45, 2.75) is 26.8 Å². The van der Waals surface area contributed by atoms with Crippen molar-refractivity contribution in [1.29, 1.82) is 0 Å². The molecule has 0 aliphatic rings. The zero-order valence-electron chi connectivity index (χ0n) is 13.1. The van der Waals surface area contributed by atoms with Crippen LogP contribution in [0.4, 0.5) is 0 Å². The number of benzene rings is 1. The fourth-order valence-electron chi connectivity index (χ4n) is 2.07. The van der Waals surface area contributed by atoms with Gasteiger partial charge < -0.3 is 20.7 Å². The Balaban J connectivity index is 2.24. The largest absolute Gasteiger partial charge is 0.484 e. The van der Waals surface area contributed by atoms with E-state index >= 15 is 0 Å². The molecule has 0 unspecified atom stereocenters. The molecule has 118 valence electrons. The van der Waals surface area contributed by atoms with Gasteiger partial charge in [0, 0.05) is 19.6 Å². The molecular formula is C16H27N3O2. The summed E-state index contributed by atoms with van der Waals surface area (Å²) >= 11 is 0. The van der Waals surface area contributed by atoms with Crippen LogP contribution in [0.2, 0.25) is 0 Å². The molecule has 1 rings (SSSR count). The van der Waals surface area contributed by atoms with E-state index in [0.717, 1.165) is 32.7 Å². The maximum absolute atomic E-state index is 10.6. The highest BCUT2D eigenvalue weighted by molar-refractivity contribution is 5.75. The minimum absolute atomic E-state index is 0.0815. The highest BCUT2D eigenvalue weighted by Gasteiger charge is 2.01. The van der Waals surface area contributed by atoms with Crippen molar-refractivity contribution in [3.05, 3.63) is 29.8 Å². The Bertz CT molecular complexity index is 406. The van der Waals surface area contributed by atoms with Crippen LogP contribution in [-0.4, -0.2) is 43.6 Å². The van der Waals surface area contributed by atoms with Crippen molar-refractivity contribution >= 4 is 5.91 Å². The van der Waals surface area contributed by atoms with E-state index in [4.69, 9.17) is 10.5 Å². The quantitative estimate of drug-likeness (QED) is 0.605. The molecule has 5 heteroatoms. The average molecular weight is 293 g/mol. The summed E-state index contributed by atoms with van der Waals surface area (Å²) in [6.45, 7) is 9.46. The van der Waals surface area contributed by atoms with Gasteiger partial charge in [0.05, 0.1) is 0 Å². The first-order valence-corrected chi connectivity index (χ1v) is 7.58. The lowest BCUT2D eigenvalue weighted by Gasteiger charge is -2.19. The summed E-state index contributed by atoms with van der Waals surface area (Å²) in [5, 5.41) is 3.44. The van der Waals surface area contributed by atoms with Gasteiger partial charge in [0.15, 0.2) is 6.61 Å². The third-order valence-corrected chi connectivity index (χ3v) is 3.23. The normalized spacial score (nSPS) is 10.8. The van der Waals surface area contributed by atoms with Gasteiger partial charge in [-0.3, -0.25) is 4.79 Å². The van der Waals surface area contributed by atoms with Crippen LogP contribution >= 0.6 is 0 Å². The summed E-state index contributed by atoms with van der Waals surface area (Å²) in [6.07, 6.45) is 1.20. The van der Waals surface area contributed by atoms with Gasteiger partial charge in [-0.15, -0.1) is 0 Å². The number of nitrogens with zero attached hydrogens (tertiary/aromatic N) is 1. The molecule has 0 atom stereocenters. The summed E-state index contributed by atoms with van der Waals surface area (Å²) in [5.74, 6) is 0.200. The zero-order chi connectivity index (χ0) is 15.5. The number of hydrogen-bond acceptors (Lipinski definition) is 4. The third-order valence-electron chi connectivity index (χ3n) is 3.23. The Morgan fingerprint density at radius 2 is 1.95 bits per heavy atom. The molecule has 0 bridgehead atoms. The predicted molar refractivity (Wildman–Crippen MR) is 85.2 cm³/mol. The SMILES string of the molecule is CCCN(CC)CCNCc1ccc(OCC(N)=O)cc1. The third kappa shape index (κ3) is 7.68. The Hall–Kier alpha value is -1.59. The van der Waals surface area contributed by atoms with Crippen LogP contribution in [0.1, 0.15) is 25.8 Å². The van der Waals surface area contributed by atoms with Gasteiger partial charge in [-0.1, -0.05) is 26.0 Å². The lowest BCUT2D eigenvalue weighted by Crippen LogP contribution is -2.32. The maximum atomic E-state index is 10.6. The zero-order valence-corrected chi connectivity index (χ0v) is 13.1. The second kappa shape index (κ2) is 10.2. The lowest BCUT2D eigenvalue weighted by atomic mass is 10.2. The number of rotatable bonds is 11. The van der Waals surface area contributed by atoms with Crippen molar-refractivity contribution in [1.82, 2.24) is 10.2 Å². The van der Waals surface area contributed by atoms with Crippen molar-refractivity contribution < 1.29 is 9.53 Å². The summed E-state index contributed by atoms with van der Waals surface area (Å²) in [5.41, 5.74) is 6.23. The van der Waals surface area contributed by atoms with Gasteiger partial charge in [0.1, 0.15) is 5.75 Å². The second-order valence-electron chi connectivity index (χ2n) is 5.01. The molecule has 3 N–H and O–H groups in total. The van der Waals surface area contributed by atoms with Gasteiger partial charge >= 0.3 is 0 Å². The van der Waals surface area contributed by atoms with Crippen molar-refractivity contribution in [2.75, 3.05) is 32.8 Å². The van der Waals surface area contributed by atoms with Gasteiger partial charge in [0.25, 0.3) is 5.91 Å². The number of nitrogens with two attached hydrogens (primary N) is 1. The van der Waals surface area contributed by atoms with Crippen LogP contribution in [0.5, 0.6) is 5.75 Å². The van der Waals surface area contributed by atoms with Crippen LogP contribution in [0.15, 0.2) is 24.3 Å². The average Bonchev–Trinajstić information content (AvgIpc) is 2.49. The number of amides is 1. The number of hydrogen-bond donors (Lipinski definition) is 2. The molecule has 0 saturated heterocycles. The second-order valence-corrected chi connectivity index (χ2v) is 5.01. The molecule has 0 radical (unpaired) electrons. The van der Waals surface area contributed by atoms with E-state index in [0.29, 0.717) is 5.75 Å². The van der Waals surface area contributed by atoms with E-state index in [9.17, 15) is 4.79 Å². The number of primary amides is 1. The van der Waals surface area contributed by atoms with E-state index in [1.807, 2.05) is 24.3 Å². The van der Waals surface area contributed by atoms with Crippen molar-refractivity contribution in [3.63, 3.8) is 0 Å². The first-order chi connectivity index (χ1) is 10.2. The van der Waals surface area contributed by atoms with Crippen molar-refractivity contribution in [3.8, 4) is 5.75 Å². The Morgan fingerprint density at radius 3 is 2.52 bits per heavy atom. The minimum atomic E-state index is -0.465. The van der Waals surface area contributed by atoms with E-state index in [1.165, 1.54) is 12.0 Å². The maximum Gasteiger partial charge on any atom is 0.255 e. The van der Waals surface area contributed by atoms with Crippen LogP contribution in [0.3, 0.4) is 0 Å². The molecule has 0 fully saturated rings. The molecule has 21 heavy (non-hydrogen) atoms. The molecule has 1 aromatic rings. The summed E-state index contributed by atoms with van der Waals surface area (Å²) < 4.78 is 5.22. The van der Waals surface area contributed by atoms with Crippen LogP contribution in [0, 0.1) is 0 Å². The topological polar surface area (TPSA) is 67.6 Å². The van der Waals surface area contributed by atoms with E-state index in [-0.39, 0.29) is 6.61 Å². The van der Waals surface area contributed by atoms with E-state index < -0.39 is 5.91 Å². The fourth-order valence-corrected chi connectivity index (χ4v) is 2.07. The number of carbonyl (C=O) groups excluding carboxylic acids is 1. The Labute approximate surface area is 127 Å². The molecule has 1 aromatic carbocycles.